The lowest BCUT2D eigenvalue weighted by Crippen LogP contribution is -2.30. The SMILES string of the molecule is CC(C)C(C)CNC(=O)c1cc(C(F)(F)F)ccc1N. The summed E-state index contributed by atoms with van der Waals surface area (Å²) in [4.78, 5) is 11.9. The fourth-order valence-corrected chi connectivity index (χ4v) is 1.51. The summed E-state index contributed by atoms with van der Waals surface area (Å²) in [6, 6.07) is 2.75. The molecule has 0 aromatic heterocycles. The Morgan fingerprint density at radius 3 is 2.40 bits per heavy atom. The third-order valence-corrected chi connectivity index (χ3v) is 3.35. The molecule has 0 heterocycles. The summed E-state index contributed by atoms with van der Waals surface area (Å²) in [6.07, 6.45) is -4.49. The van der Waals surface area contributed by atoms with Crippen molar-refractivity contribution < 1.29 is 18.0 Å². The van der Waals surface area contributed by atoms with Gasteiger partial charge in [0, 0.05) is 12.2 Å². The van der Waals surface area contributed by atoms with Crippen molar-refractivity contribution in [3.63, 3.8) is 0 Å². The number of carbonyl (C=O) groups is 1. The predicted octanol–water partition coefficient (Wildman–Crippen LogP) is 3.31. The van der Waals surface area contributed by atoms with E-state index in [2.05, 4.69) is 5.32 Å². The number of anilines is 1. The van der Waals surface area contributed by atoms with Gasteiger partial charge >= 0.3 is 6.18 Å². The van der Waals surface area contributed by atoms with Gasteiger partial charge in [0.15, 0.2) is 0 Å². The Morgan fingerprint density at radius 2 is 1.90 bits per heavy atom. The molecule has 1 unspecified atom stereocenters. The summed E-state index contributed by atoms with van der Waals surface area (Å²) in [7, 11) is 0. The monoisotopic (exact) mass is 288 g/mol. The number of carbonyl (C=O) groups excluding carboxylic acids is 1. The van der Waals surface area contributed by atoms with Crippen LogP contribution in [0.1, 0.15) is 36.7 Å². The van der Waals surface area contributed by atoms with E-state index in [1.165, 1.54) is 0 Å². The Bertz CT molecular complexity index is 484. The standard InChI is InChI=1S/C14H19F3N2O/c1-8(2)9(3)7-19-13(20)11-6-10(14(15,16)17)4-5-12(11)18/h4-6,8-9H,7,18H2,1-3H3,(H,19,20). The summed E-state index contributed by atoms with van der Waals surface area (Å²) in [5, 5.41) is 2.61. The van der Waals surface area contributed by atoms with Crippen molar-refractivity contribution in [3.8, 4) is 0 Å². The van der Waals surface area contributed by atoms with Crippen LogP contribution < -0.4 is 11.1 Å². The van der Waals surface area contributed by atoms with E-state index in [1.54, 1.807) is 0 Å². The van der Waals surface area contributed by atoms with Gasteiger partial charge in [-0.2, -0.15) is 13.2 Å². The normalized spacial score (nSPS) is 13.3. The number of halogens is 3. The van der Waals surface area contributed by atoms with Gasteiger partial charge < -0.3 is 11.1 Å². The van der Waals surface area contributed by atoms with E-state index < -0.39 is 17.6 Å². The molecule has 1 atom stereocenters. The second-order valence-electron chi connectivity index (χ2n) is 5.23. The summed E-state index contributed by atoms with van der Waals surface area (Å²) in [5.74, 6) is 0.0150. The van der Waals surface area contributed by atoms with Crippen molar-refractivity contribution in [1.29, 1.82) is 0 Å². The number of nitrogen functional groups attached to an aromatic ring is 1. The molecule has 0 aliphatic carbocycles. The molecule has 0 fully saturated rings. The lowest BCUT2D eigenvalue weighted by atomic mass is 9.98. The van der Waals surface area contributed by atoms with Gasteiger partial charge in [0.1, 0.15) is 0 Å². The first-order chi connectivity index (χ1) is 9.12. The van der Waals surface area contributed by atoms with E-state index in [-0.39, 0.29) is 17.2 Å². The molecule has 112 valence electrons. The van der Waals surface area contributed by atoms with Crippen LogP contribution in [-0.2, 0) is 6.18 Å². The number of hydrogen-bond donors (Lipinski definition) is 2. The summed E-state index contributed by atoms with van der Waals surface area (Å²) in [6.45, 7) is 6.37. The highest BCUT2D eigenvalue weighted by molar-refractivity contribution is 5.99. The Morgan fingerprint density at radius 1 is 1.30 bits per heavy atom. The van der Waals surface area contributed by atoms with Gasteiger partial charge in [-0.15, -0.1) is 0 Å². The van der Waals surface area contributed by atoms with Crippen LogP contribution >= 0.6 is 0 Å². The second kappa shape index (κ2) is 6.15. The van der Waals surface area contributed by atoms with Crippen molar-refractivity contribution in [3.05, 3.63) is 29.3 Å². The summed E-state index contributed by atoms with van der Waals surface area (Å²) >= 11 is 0. The molecule has 0 radical (unpaired) electrons. The first kappa shape index (κ1) is 16.3. The van der Waals surface area contributed by atoms with Crippen LogP contribution in [0.25, 0.3) is 0 Å². The van der Waals surface area contributed by atoms with Gasteiger partial charge in [0.05, 0.1) is 11.1 Å². The lowest BCUT2D eigenvalue weighted by molar-refractivity contribution is -0.137. The maximum Gasteiger partial charge on any atom is 0.416 e. The third-order valence-electron chi connectivity index (χ3n) is 3.35. The minimum atomic E-state index is -4.49. The number of benzene rings is 1. The van der Waals surface area contributed by atoms with Crippen LogP contribution in [0.15, 0.2) is 18.2 Å². The zero-order chi connectivity index (χ0) is 15.5. The Kier molecular flexibility index (Phi) is 5.03. The smallest absolute Gasteiger partial charge is 0.398 e. The molecule has 0 spiro atoms. The van der Waals surface area contributed by atoms with E-state index in [0.29, 0.717) is 12.5 Å². The predicted molar refractivity (Wildman–Crippen MR) is 72.2 cm³/mol. The van der Waals surface area contributed by atoms with Crippen molar-refractivity contribution in [2.45, 2.75) is 26.9 Å². The second-order valence-corrected chi connectivity index (χ2v) is 5.23. The topological polar surface area (TPSA) is 55.1 Å². The molecule has 6 heteroatoms. The molecule has 1 aromatic carbocycles. The van der Waals surface area contributed by atoms with E-state index in [4.69, 9.17) is 5.73 Å². The first-order valence-electron chi connectivity index (χ1n) is 6.37. The molecule has 20 heavy (non-hydrogen) atoms. The van der Waals surface area contributed by atoms with Gasteiger partial charge in [0.25, 0.3) is 5.91 Å². The molecule has 0 aliphatic rings. The van der Waals surface area contributed by atoms with Crippen molar-refractivity contribution in [1.82, 2.24) is 5.32 Å². The highest BCUT2D eigenvalue weighted by Crippen LogP contribution is 2.31. The van der Waals surface area contributed by atoms with Gasteiger partial charge in [-0.1, -0.05) is 20.8 Å². The molecule has 0 saturated carbocycles. The summed E-state index contributed by atoms with van der Waals surface area (Å²) < 4.78 is 37.8. The molecular weight excluding hydrogens is 269 g/mol. The molecule has 1 amide bonds. The zero-order valence-corrected chi connectivity index (χ0v) is 11.7. The molecule has 1 aromatic rings. The van der Waals surface area contributed by atoms with Crippen LogP contribution in [0.5, 0.6) is 0 Å². The maximum atomic E-state index is 12.6. The lowest BCUT2D eigenvalue weighted by Gasteiger charge is -2.17. The van der Waals surface area contributed by atoms with Gasteiger partial charge in [-0.25, -0.2) is 0 Å². The van der Waals surface area contributed by atoms with Crippen LogP contribution in [0.3, 0.4) is 0 Å². The van der Waals surface area contributed by atoms with Crippen LogP contribution in [-0.4, -0.2) is 12.5 Å². The quantitative estimate of drug-likeness (QED) is 0.835. The highest BCUT2D eigenvalue weighted by atomic mass is 19.4. The average molecular weight is 288 g/mol. The van der Waals surface area contributed by atoms with Crippen molar-refractivity contribution >= 4 is 11.6 Å². The van der Waals surface area contributed by atoms with Crippen molar-refractivity contribution in [2.75, 3.05) is 12.3 Å². The molecule has 0 saturated heterocycles. The van der Waals surface area contributed by atoms with E-state index in [1.807, 2.05) is 20.8 Å². The van der Waals surface area contributed by atoms with Gasteiger partial charge in [-0.3, -0.25) is 4.79 Å². The zero-order valence-electron chi connectivity index (χ0n) is 11.7. The van der Waals surface area contributed by atoms with Gasteiger partial charge in [-0.05, 0) is 30.0 Å². The molecule has 3 N–H and O–H groups in total. The molecule has 0 bridgehead atoms. The number of nitrogens with two attached hydrogens (primary N) is 1. The number of hydrogen-bond acceptors (Lipinski definition) is 2. The van der Waals surface area contributed by atoms with E-state index in [9.17, 15) is 18.0 Å². The molecular formula is C14H19F3N2O. The Labute approximate surface area is 116 Å². The first-order valence-corrected chi connectivity index (χ1v) is 6.37. The minimum Gasteiger partial charge on any atom is -0.398 e. The van der Waals surface area contributed by atoms with E-state index in [0.717, 1.165) is 18.2 Å². The average Bonchev–Trinajstić information content (AvgIpc) is 2.34. The third kappa shape index (κ3) is 4.15. The van der Waals surface area contributed by atoms with Gasteiger partial charge in [0.2, 0.25) is 0 Å². The Hall–Kier alpha value is -1.72. The van der Waals surface area contributed by atoms with E-state index >= 15 is 0 Å². The minimum absolute atomic E-state index is 0.0349. The molecule has 0 aliphatic heterocycles. The highest BCUT2D eigenvalue weighted by Gasteiger charge is 2.31. The number of amides is 1. The van der Waals surface area contributed by atoms with Crippen molar-refractivity contribution in [2.24, 2.45) is 11.8 Å². The maximum absolute atomic E-state index is 12.6. The number of rotatable bonds is 4. The molecule has 3 nitrogen and oxygen atoms in total. The summed E-state index contributed by atoms with van der Waals surface area (Å²) in [5.41, 5.74) is 4.58. The number of alkyl halides is 3. The van der Waals surface area contributed by atoms with Crippen LogP contribution in [0.2, 0.25) is 0 Å². The number of nitrogens with one attached hydrogen (secondary N) is 1. The molecule has 1 rings (SSSR count). The van der Waals surface area contributed by atoms with Crippen LogP contribution in [0, 0.1) is 11.8 Å². The fourth-order valence-electron chi connectivity index (χ4n) is 1.51. The Balaban J connectivity index is 2.87. The largest absolute Gasteiger partial charge is 0.416 e. The van der Waals surface area contributed by atoms with Crippen LogP contribution in [0.4, 0.5) is 18.9 Å². The fraction of sp³-hybridized carbons (Fsp3) is 0.500.